The van der Waals surface area contributed by atoms with Crippen LogP contribution < -0.4 is 5.32 Å². The Balaban J connectivity index is 2.09. The Hall–Kier alpha value is -1.06. The number of hydrogen-bond acceptors (Lipinski definition) is 2. The third-order valence-corrected chi connectivity index (χ3v) is 3.38. The lowest BCUT2D eigenvalue weighted by atomic mass is 9.80. The molecule has 0 aromatic heterocycles. The number of likely N-dealkylation sites (tertiary alicyclic amines) is 1. The Labute approximate surface area is 83.6 Å². The van der Waals surface area contributed by atoms with E-state index >= 15 is 0 Å². The Bertz CT molecular complexity index is 277. The molecule has 14 heavy (non-hydrogen) atoms. The second-order valence-electron chi connectivity index (χ2n) is 4.53. The first-order valence-corrected chi connectivity index (χ1v) is 5.12. The molecule has 1 spiro atoms. The first kappa shape index (κ1) is 9.49. The van der Waals surface area contributed by atoms with E-state index in [0.717, 1.165) is 25.9 Å². The van der Waals surface area contributed by atoms with Gasteiger partial charge in [-0.1, -0.05) is 0 Å². The molecule has 1 atom stereocenters. The minimum absolute atomic E-state index is 0.0744. The van der Waals surface area contributed by atoms with Gasteiger partial charge in [0.2, 0.25) is 11.8 Å². The Morgan fingerprint density at radius 1 is 1.36 bits per heavy atom. The fourth-order valence-corrected chi connectivity index (χ4v) is 2.50. The van der Waals surface area contributed by atoms with E-state index in [1.807, 2.05) is 7.05 Å². The fraction of sp³-hybridized carbons (Fsp3) is 0.800. The van der Waals surface area contributed by atoms with Crippen LogP contribution in [-0.2, 0) is 9.59 Å². The summed E-state index contributed by atoms with van der Waals surface area (Å²) in [6.07, 6.45) is 2.99. The minimum atomic E-state index is 0.0744. The molecule has 0 aromatic rings. The van der Waals surface area contributed by atoms with E-state index in [2.05, 4.69) is 5.32 Å². The van der Waals surface area contributed by atoms with E-state index in [9.17, 15) is 9.59 Å². The summed E-state index contributed by atoms with van der Waals surface area (Å²) in [6, 6.07) is 0. The first-order chi connectivity index (χ1) is 6.61. The summed E-state index contributed by atoms with van der Waals surface area (Å²) in [7, 11) is 1.84. The van der Waals surface area contributed by atoms with Crippen LogP contribution in [0.25, 0.3) is 0 Å². The van der Waals surface area contributed by atoms with Gasteiger partial charge in [0.25, 0.3) is 0 Å². The molecule has 1 N–H and O–H groups in total. The van der Waals surface area contributed by atoms with Gasteiger partial charge >= 0.3 is 0 Å². The molecule has 2 aliphatic heterocycles. The standard InChI is InChI=1S/C10H16N2O2/c1-12-7-10(6-9(12)14)3-2-8(13)11-5-4-10/h2-7H2,1H3,(H,11,13)/t10-/m1/s1. The lowest BCUT2D eigenvalue weighted by molar-refractivity contribution is -0.126. The number of carbonyl (C=O) groups is 2. The van der Waals surface area contributed by atoms with Crippen molar-refractivity contribution in [3.63, 3.8) is 0 Å². The molecule has 2 rings (SSSR count). The summed E-state index contributed by atoms with van der Waals surface area (Å²) in [4.78, 5) is 24.4. The van der Waals surface area contributed by atoms with Crippen molar-refractivity contribution in [1.29, 1.82) is 0 Å². The highest BCUT2D eigenvalue weighted by atomic mass is 16.2. The van der Waals surface area contributed by atoms with Gasteiger partial charge in [-0.2, -0.15) is 0 Å². The Morgan fingerprint density at radius 3 is 2.79 bits per heavy atom. The predicted octanol–water partition coefficient (Wildman–Crippen LogP) is 0.135. The van der Waals surface area contributed by atoms with E-state index in [1.54, 1.807) is 4.90 Å². The highest BCUT2D eigenvalue weighted by Gasteiger charge is 2.42. The van der Waals surface area contributed by atoms with Gasteiger partial charge in [-0.25, -0.2) is 0 Å². The van der Waals surface area contributed by atoms with Crippen LogP contribution in [0.15, 0.2) is 0 Å². The molecular formula is C10H16N2O2. The summed E-state index contributed by atoms with van der Waals surface area (Å²) in [6.45, 7) is 1.54. The lowest BCUT2D eigenvalue weighted by Crippen LogP contribution is -2.26. The largest absolute Gasteiger partial charge is 0.356 e. The van der Waals surface area contributed by atoms with Crippen LogP contribution in [0.2, 0.25) is 0 Å². The molecule has 2 heterocycles. The molecule has 2 fully saturated rings. The molecule has 2 aliphatic rings. The van der Waals surface area contributed by atoms with Gasteiger partial charge in [0.1, 0.15) is 0 Å². The summed E-state index contributed by atoms with van der Waals surface area (Å²) >= 11 is 0. The third kappa shape index (κ3) is 1.61. The maximum atomic E-state index is 11.5. The number of nitrogens with one attached hydrogen (secondary N) is 1. The van der Waals surface area contributed by atoms with Gasteiger partial charge in [-0.05, 0) is 18.3 Å². The van der Waals surface area contributed by atoms with E-state index in [4.69, 9.17) is 0 Å². The summed E-state index contributed by atoms with van der Waals surface area (Å²) < 4.78 is 0. The summed E-state index contributed by atoms with van der Waals surface area (Å²) in [5.41, 5.74) is 0.0744. The van der Waals surface area contributed by atoms with Gasteiger partial charge in [-0.15, -0.1) is 0 Å². The number of carbonyl (C=O) groups excluding carboxylic acids is 2. The molecular weight excluding hydrogens is 180 g/mol. The maximum absolute atomic E-state index is 11.5. The smallest absolute Gasteiger partial charge is 0.222 e. The summed E-state index contributed by atoms with van der Waals surface area (Å²) in [5, 5.41) is 2.86. The zero-order valence-electron chi connectivity index (χ0n) is 8.51. The van der Waals surface area contributed by atoms with Crippen molar-refractivity contribution < 1.29 is 9.59 Å². The molecule has 2 amide bonds. The van der Waals surface area contributed by atoms with Crippen molar-refractivity contribution in [2.75, 3.05) is 20.1 Å². The quantitative estimate of drug-likeness (QED) is 0.599. The van der Waals surface area contributed by atoms with Gasteiger partial charge in [0.15, 0.2) is 0 Å². The van der Waals surface area contributed by atoms with E-state index in [-0.39, 0.29) is 17.2 Å². The van der Waals surface area contributed by atoms with Crippen molar-refractivity contribution in [3.05, 3.63) is 0 Å². The molecule has 0 saturated carbocycles. The van der Waals surface area contributed by atoms with Crippen LogP contribution in [-0.4, -0.2) is 36.9 Å². The molecule has 4 heteroatoms. The van der Waals surface area contributed by atoms with Crippen molar-refractivity contribution in [2.24, 2.45) is 5.41 Å². The monoisotopic (exact) mass is 196 g/mol. The van der Waals surface area contributed by atoms with Gasteiger partial charge in [0, 0.05) is 33.0 Å². The second kappa shape index (κ2) is 3.26. The molecule has 78 valence electrons. The van der Waals surface area contributed by atoms with E-state index in [0.29, 0.717) is 12.8 Å². The molecule has 4 nitrogen and oxygen atoms in total. The lowest BCUT2D eigenvalue weighted by Gasteiger charge is -2.25. The Kier molecular flexibility index (Phi) is 2.21. The zero-order valence-corrected chi connectivity index (χ0v) is 8.51. The van der Waals surface area contributed by atoms with Gasteiger partial charge in [-0.3, -0.25) is 9.59 Å². The number of hydrogen-bond donors (Lipinski definition) is 1. The summed E-state index contributed by atoms with van der Waals surface area (Å²) in [5.74, 6) is 0.350. The predicted molar refractivity (Wildman–Crippen MR) is 51.5 cm³/mol. The van der Waals surface area contributed by atoms with Crippen molar-refractivity contribution in [2.45, 2.75) is 25.7 Å². The number of nitrogens with zero attached hydrogens (tertiary/aromatic N) is 1. The highest BCUT2D eigenvalue weighted by molar-refractivity contribution is 5.80. The first-order valence-electron chi connectivity index (χ1n) is 5.12. The third-order valence-electron chi connectivity index (χ3n) is 3.38. The van der Waals surface area contributed by atoms with Crippen LogP contribution in [0, 0.1) is 5.41 Å². The van der Waals surface area contributed by atoms with Gasteiger partial charge < -0.3 is 10.2 Å². The van der Waals surface area contributed by atoms with Gasteiger partial charge in [0.05, 0.1) is 0 Å². The zero-order chi connectivity index (χ0) is 10.2. The topological polar surface area (TPSA) is 49.4 Å². The van der Waals surface area contributed by atoms with E-state index < -0.39 is 0 Å². The van der Waals surface area contributed by atoms with Crippen LogP contribution in [0.5, 0.6) is 0 Å². The Morgan fingerprint density at radius 2 is 2.14 bits per heavy atom. The van der Waals surface area contributed by atoms with Crippen molar-refractivity contribution >= 4 is 11.8 Å². The molecule has 0 aliphatic carbocycles. The average Bonchev–Trinajstić information content (AvgIpc) is 2.30. The van der Waals surface area contributed by atoms with Crippen LogP contribution in [0.3, 0.4) is 0 Å². The van der Waals surface area contributed by atoms with E-state index in [1.165, 1.54) is 0 Å². The van der Waals surface area contributed by atoms with Crippen LogP contribution in [0.4, 0.5) is 0 Å². The highest BCUT2D eigenvalue weighted by Crippen LogP contribution is 2.39. The molecule has 2 saturated heterocycles. The molecule has 0 radical (unpaired) electrons. The van der Waals surface area contributed by atoms with Crippen molar-refractivity contribution in [3.8, 4) is 0 Å². The molecule has 0 unspecified atom stereocenters. The second-order valence-corrected chi connectivity index (χ2v) is 4.53. The van der Waals surface area contributed by atoms with Crippen LogP contribution in [0.1, 0.15) is 25.7 Å². The maximum Gasteiger partial charge on any atom is 0.222 e. The normalized spacial score (nSPS) is 33.4. The molecule has 0 bridgehead atoms. The average molecular weight is 196 g/mol. The number of amides is 2. The van der Waals surface area contributed by atoms with Crippen molar-refractivity contribution in [1.82, 2.24) is 10.2 Å². The van der Waals surface area contributed by atoms with Crippen LogP contribution >= 0.6 is 0 Å². The fourth-order valence-electron chi connectivity index (χ4n) is 2.50. The SMILES string of the molecule is CN1C[C@]2(CCNC(=O)CC2)CC1=O. The number of rotatable bonds is 0. The molecule has 0 aromatic carbocycles. The minimum Gasteiger partial charge on any atom is -0.356 e.